The van der Waals surface area contributed by atoms with E-state index in [1.165, 1.54) is 43.5 Å². The number of rotatable bonds is 3. The Balaban J connectivity index is 1.46. The summed E-state index contributed by atoms with van der Waals surface area (Å²) in [6, 6.07) is 4.02. The van der Waals surface area contributed by atoms with Gasteiger partial charge in [0.1, 0.15) is 0 Å². The van der Waals surface area contributed by atoms with Gasteiger partial charge < -0.3 is 19.8 Å². The maximum Gasteiger partial charge on any atom is 0.276 e. The molecule has 27 heavy (non-hydrogen) atoms. The van der Waals surface area contributed by atoms with E-state index in [0.717, 1.165) is 49.0 Å². The van der Waals surface area contributed by atoms with Crippen LogP contribution >= 0.6 is 0 Å². The zero-order valence-electron chi connectivity index (χ0n) is 16.6. The Morgan fingerprint density at radius 1 is 1.11 bits per heavy atom. The molecule has 0 bridgehead atoms. The molecule has 0 radical (unpaired) electrons. The zero-order chi connectivity index (χ0) is 19.0. The van der Waals surface area contributed by atoms with Crippen LogP contribution in [-0.4, -0.2) is 59.8 Å². The first-order chi connectivity index (χ1) is 13.0. The summed E-state index contributed by atoms with van der Waals surface area (Å²) in [6.45, 7) is 5.24. The van der Waals surface area contributed by atoms with Crippen molar-refractivity contribution in [3.05, 3.63) is 17.8 Å². The summed E-state index contributed by atoms with van der Waals surface area (Å²) in [7, 11) is 1.71. The number of aromatic nitrogens is 1. The van der Waals surface area contributed by atoms with Gasteiger partial charge >= 0.3 is 0 Å². The Hall–Kier alpha value is -1.66. The fraction of sp³-hybridized carbons (Fsp3) is 0.714. The van der Waals surface area contributed by atoms with Gasteiger partial charge in [-0.05, 0) is 50.7 Å². The maximum atomic E-state index is 12.5. The van der Waals surface area contributed by atoms with E-state index in [1.807, 2.05) is 24.0 Å². The summed E-state index contributed by atoms with van der Waals surface area (Å²) in [5, 5.41) is 10.7. The molecule has 0 spiro atoms. The van der Waals surface area contributed by atoms with E-state index in [-0.39, 0.29) is 11.9 Å². The Kier molecular flexibility index (Phi) is 5.37. The van der Waals surface area contributed by atoms with Gasteiger partial charge in [0, 0.05) is 38.4 Å². The van der Waals surface area contributed by atoms with Crippen molar-refractivity contribution in [3.63, 3.8) is 0 Å². The van der Waals surface area contributed by atoms with Crippen molar-refractivity contribution >= 4 is 17.4 Å². The van der Waals surface area contributed by atoms with Crippen LogP contribution in [-0.2, 0) is 4.79 Å². The molecular weight excluding hydrogens is 340 g/mol. The number of fused-ring (bicyclic) bond motifs is 1. The van der Waals surface area contributed by atoms with E-state index in [2.05, 4.69) is 9.88 Å². The van der Waals surface area contributed by atoms with E-state index < -0.39 is 6.23 Å². The molecule has 1 aromatic rings. The molecule has 6 heteroatoms. The number of pyridine rings is 1. The molecule has 4 rings (SSSR count). The molecule has 6 nitrogen and oxygen atoms in total. The van der Waals surface area contributed by atoms with Crippen LogP contribution in [0.15, 0.2) is 12.1 Å². The monoisotopic (exact) mass is 372 g/mol. The Bertz CT molecular complexity index is 681. The molecule has 1 aliphatic carbocycles. The van der Waals surface area contributed by atoms with Crippen molar-refractivity contribution in [3.8, 4) is 0 Å². The van der Waals surface area contributed by atoms with Crippen molar-refractivity contribution in [2.24, 2.45) is 5.92 Å². The lowest BCUT2D eigenvalue weighted by Crippen LogP contribution is -2.58. The summed E-state index contributed by atoms with van der Waals surface area (Å²) in [4.78, 5) is 23.2. The average molecular weight is 373 g/mol. The first-order valence-electron chi connectivity index (χ1n) is 10.5. The third-order valence-electron chi connectivity index (χ3n) is 6.61. The van der Waals surface area contributed by atoms with Gasteiger partial charge in [-0.25, -0.2) is 4.98 Å². The summed E-state index contributed by atoms with van der Waals surface area (Å²) in [6.07, 6.45) is 7.74. The minimum Gasteiger partial charge on any atom is -0.365 e. The van der Waals surface area contributed by atoms with Gasteiger partial charge in [-0.1, -0.05) is 19.3 Å². The van der Waals surface area contributed by atoms with Crippen LogP contribution in [0.25, 0.3) is 0 Å². The number of aliphatic hydroxyl groups is 1. The van der Waals surface area contributed by atoms with Crippen LogP contribution in [0.4, 0.5) is 11.5 Å². The average Bonchev–Trinajstić information content (AvgIpc) is 2.68. The molecule has 1 unspecified atom stereocenters. The first kappa shape index (κ1) is 18.7. The Morgan fingerprint density at radius 3 is 2.52 bits per heavy atom. The van der Waals surface area contributed by atoms with Gasteiger partial charge in [-0.2, -0.15) is 0 Å². The highest BCUT2D eigenvalue weighted by atomic mass is 16.3. The maximum absolute atomic E-state index is 12.5. The molecule has 148 valence electrons. The highest BCUT2D eigenvalue weighted by Gasteiger charge is 2.41. The number of hydrogen-bond acceptors (Lipinski definition) is 5. The minimum atomic E-state index is -1.13. The summed E-state index contributed by atoms with van der Waals surface area (Å²) in [5.74, 6) is 1.34. The van der Waals surface area contributed by atoms with E-state index in [0.29, 0.717) is 0 Å². The first-order valence-corrected chi connectivity index (χ1v) is 10.5. The second-order valence-electron chi connectivity index (χ2n) is 8.51. The van der Waals surface area contributed by atoms with Crippen LogP contribution in [0.2, 0.25) is 0 Å². The topological polar surface area (TPSA) is 59.9 Å². The van der Waals surface area contributed by atoms with Crippen molar-refractivity contribution in [1.82, 2.24) is 9.88 Å². The van der Waals surface area contributed by atoms with Gasteiger partial charge in [0.2, 0.25) is 6.23 Å². The predicted octanol–water partition coefficient (Wildman–Crippen LogP) is 2.54. The lowest BCUT2D eigenvalue weighted by Gasteiger charge is -2.45. The standard InChI is InChI=1S/C21H32N4O2/c1-15-8-9-18-19(22-15)25(21(27)20(26)23(18)2)17-10-12-24(13-11-17)14-16-6-4-3-5-7-16/h8-9,16-17,21,27H,3-7,10-14H2,1-2H3. The number of hydrogen-bond donors (Lipinski definition) is 1. The number of nitrogens with zero attached hydrogens (tertiary/aromatic N) is 4. The predicted molar refractivity (Wildman–Crippen MR) is 107 cm³/mol. The number of carbonyl (C=O) groups is 1. The molecule has 3 heterocycles. The molecule has 1 amide bonds. The van der Waals surface area contributed by atoms with Crippen molar-refractivity contribution in [2.45, 2.75) is 64.1 Å². The zero-order valence-corrected chi connectivity index (χ0v) is 16.6. The SMILES string of the molecule is Cc1ccc2c(n1)N(C1CCN(CC3CCCCC3)CC1)C(O)C(=O)N2C. The van der Waals surface area contributed by atoms with Gasteiger partial charge in [0.25, 0.3) is 5.91 Å². The number of piperidine rings is 1. The van der Waals surface area contributed by atoms with Gasteiger partial charge in [-0.15, -0.1) is 0 Å². The number of aryl methyl sites for hydroxylation is 1. The Labute approximate surface area is 162 Å². The second-order valence-corrected chi connectivity index (χ2v) is 8.51. The molecule has 1 atom stereocenters. The molecule has 1 saturated carbocycles. The fourth-order valence-electron chi connectivity index (χ4n) is 5.00. The number of carbonyl (C=O) groups excluding carboxylic acids is 1. The van der Waals surface area contributed by atoms with Crippen LogP contribution < -0.4 is 9.80 Å². The second kappa shape index (κ2) is 7.76. The van der Waals surface area contributed by atoms with Gasteiger partial charge in [0.15, 0.2) is 5.82 Å². The van der Waals surface area contributed by atoms with Crippen molar-refractivity contribution in [2.75, 3.05) is 36.5 Å². The van der Waals surface area contributed by atoms with Crippen molar-refractivity contribution in [1.29, 1.82) is 0 Å². The number of aliphatic hydroxyl groups excluding tert-OH is 1. The van der Waals surface area contributed by atoms with E-state index in [1.54, 1.807) is 7.05 Å². The van der Waals surface area contributed by atoms with E-state index in [4.69, 9.17) is 0 Å². The number of likely N-dealkylation sites (tertiary alicyclic amines) is 1. The third kappa shape index (κ3) is 3.69. The molecule has 1 saturated heterocycles. The summed E-state index contributed by atoms with van der Waals surface area (Å²) < 4.78 is 0. The van der Waals surface area contributed by atoms with Crippen LogP contribution in [0.3, 0.4) is 0 Å². The molecule has 2 aliphatic heterocycles. The molecule has 2 fully saturated rings. The lowest BCUT2D eigenvalue weighted by molar-refractivity contribution is -0.127. The minimum absolute atomic E-state index is 0.160. The molecule has 3 aliphatic rings. The van der Waals surface area contributed by atoms with Gasteiger partial charge in [-0.3, -0.25) is 4.79 Å². The van der Waals surface area contributed by atoms with Gasteiger partial charge in [0.05, 0.1) is 5.69 Å². The number of amides is 1. The van der Waals surface area contributed by atoms with E-state index in [9.17, 15) is 9.90 Å². The van der Waals surface area contributed by atoms with Crippen LogP contribution in [0.1, 0.15) is 50.6 Å². The summed E-state index contributed by atoms with van der Waals surface area (Å²) >= 11 is 0. The Morgan fingerprint density at radius 2 is 1.81 bits per heavy atom. The smallest absolute Gasteiger partial charge is 0.276 e. The number of anilines is 2. The molecule has 1 N–H and O–H groups in total. The molecular formula is C21H32N4O2. The van der Waals surface area contributed by atoms with Crippen LogP contribution in [0.5, 0.6) is 0 Å². The van der Waals surface area contributed by atoms with Crippen LogP contribution in [0, 0.1) is 12.8 Å². The fourth-order valence-corrected chi connectivity index (χ4v) is 5.00. The third-order valence-corrected chi connectivity index (χ3v) is 6.61. The van der Waals surface area contributed by atoms with Crippen molar-refractivity contribution < 1.29 is 9.90 Å². The molecule has 0 aromatic carbocycles. The molecule has 1 aromatic heterocycles. The lowest BCUT2D eigenvalue weighted by atomic mass is 9.88. The normalized spacial score (nSPS) is 25.7. The number of likely N-dealkylation sites (N-methyl/N-ethyl adjacent to an activating group) is 1. The highest BCUT2D eigenvalue weighted by molar-refractivity contribution is 6.03. The quantitative estimate of drug-likeness (QED) is 0.884. The van der Waals surface area contributed by atoms with E-state index >= 15 is 0 Å². The largest absolute Gasteiger partial charge is 0.365 e. The summed E-state index contributed by atoms with van der Waals surface area (Å²) in [5.41, 5.74) is 1.70. The highest BCUT2D eigenvalue weighted by Crippen LogP contribution is 2.37.